The third kappa shape index (κ3) is 3.39. The predicted molar refractivity (Wildman–Crippen MR) is 64.4 cm³/mol. The van der Waals surface area contributed by atoms with Gasteiger partial charge >= 0.3 is 6.18 Å². The maximum absolute atomic E-state index is 12.7. The largest absolute Gasteiger partial charge is 0.494 e. The number of allylic oxidation sites excluding steroid dienone is 4. The van der Waals surface area contributed by atoms with Gasteiger partial charge in [-0.15, -0.1) is 0 Å². The monoisotopic (exact) mass is 274 g/mol. The minimum Gasteiger partial charge on any atom is -0.494 e. The first-order chi connectivity index (χ1) is 8.88. The number of carbonyl (C=O) groups excluding carboxylic acids is 1. The zero-order valence-electron chi connectivity index (χ0n) is 10.8. The van der Waals surface area contributed by atoms with E-state index < -0.39 is 23.5 Å². The minimum absolute atomic E-state index is 0.0529. The Morgan fingerprint density at radius 3 is 2.37 bits per heavy atom. The van der Waals surface area contributed by atoms with Crippen molar-refractivity contribution < 1.29 is 22.7 Å². The highest BCUT2D eigenvalue weighted by Crippen LogP contribution is 2.34. The lowest BCUT2D eigenvalue weighted by molar-refractivity contribution is -0.120. The molecular formula is C14H17F3O2. The number of halogens is 3. The molecule has 5 heteroatoms. The predicted octanol–water partition coefficient (Wildman–Crippen LogP) is 3.93. The summed E-state index contributed by atoms with van der Waals surface area (Å²) in [4.78, 5) is 11.6. The normalized spacial score (nSPS) is 25.9. The van der Waals surface area contributed by atoms with Crippen molar-refractivity contribution in [1.82, 2.24) is 0 Å². The first-order valence-electron chi connectivity index (χ1n) is 6.59. The van der Waals surface area contributed by atoms with Crippen molar-refractivity contribution in [3.8, 4) is 0 Å². The number of ether oxygens (including phenoxy) is 1. The number of carbonyl (C=O) groups is 1. The molecule has 0 aromatic carbocycles. The van der Waals surface area contributed by atoms with Gasteiger partial charge in [0.25, 0.3) is 0 Å². The second kappa shape index (κ2) is 5.39. The van der Waals surface area contributed by atoms with Crippen LogP contribution in [0.4, 0.5) is 13.2 Å². The summed E-state index contributed by atoms with van der Waals surface area (Å²) in [7, 11) is 0. The van der Waals surface area contributed by atoms with Crippen LogP contribution in [0.15, 0.2) is 23.5 Å². The van der Waals surface area contributed by atoms with Gasteiger partial charge in [0, 0.05) is 0 Å². The molecule has 106 valence electrons. The summed E-state index contributed by atoms with van der Waals surface area (Å²) in [5.41, 5.74) is -0.915. The second-order valence-corrected chi connectivity index (χ2v) is 5.15. The maximum Gasteiger partial charge on any atom is 0.416 e. The summed E-state index contributed by atoms with van der Waals surface area (Å²) in [6.45, 7) is 1.58. The average molecular weight is 274 g/mol. The van der Waals surface area contributed by atoms with E-state index in [4.69, 9.17) is 4.74 Å². The van der Waals surface area contributed by atoms with Crippen LogP contribution >= 0.6 is 0 Å². The molecule has 1 unspecified atom stereocenters. The molecule has 0 radical (unpaired) electrons. The summed E-state index contributed by atoms with van der Waals surface area (Å²) < 4.78 is 43.7. The van der Waals surface area contributed by atoms with Crippen LogP contribution in [-0.2, 0) is 9.53 Å². The Morgan fingerprint density at radius 2 is 1.79 bits per heavy atom. The average Bonchev–Trinajstić information content (AvgIpc) is 2.34. The van der Waals surface area contributed by atoms with E-state index in [0.717, 1.165) is 38.2 Å². The van der Waals surface area contributed by atoms with Gasteiger partial charge in [-0.25, -0.2) is 0 Å². The van der Waals surface area contributed by atoms with Crippen LogP contribution < -0.4 is 0 Å². The molecule has 0 N–H and O–H groups in total. The quantitative estimate of drug-likeness (QED) is 0.762. The Hall–Kier alpha value is -1.26. The lowest BCUT2D eigenvalue weighted by Crippen LogP contribution is -2.26. The fourth-order valence-corrected chi connectivity index (χ4v) is 2.41. The number of rotatable bonds is 2. The highest BCUT2D eigenvalue weighted by atomic mass is 19.4. The van der Waals surface area contributed by atoms with Crippen LogP contribution in [0, 0.1) is 5.92 Å². The summed E-state index contributed by atoms with van der Waals surface area (Å²) in [6.07, 6.45) is 1.98. The SMILES string of the molecule is CC1C(=O)C=C(C(F)(F)F)C=C1OC1CCCCC1. The maximum atomic E-state index is 12.7. The number of hydrogen-bond acceptors (Lipinski definition) is 2. The molecule has 2 aliphatic carbocycles. The molecule has 2 rings (SSSR count). The highest BCUT2D eigenvalue weighted by Gasteiger charge is 2.37. The van der Waals surface area contributed by atoms with E-state index in [0.29, 0.717) is 6.08 Å². The lowest BCUT2D eigenvalue weighted by Gasteiger charge is -2.28. The van der Waals surface area contributed by atoms with Gasteiger partial charge in [-0.1, -0.05) is 6.42 Å². The molecule has 0 heterocycles. The minimum atomic E-state index is -4.50. The zero-order valence-corrected chi connectivity index (χ0v) is 10.8. The molecule has 1 atom stereocenters. The molecule has 0 spiro atoms. The van der Waals surface area contributed by atoms with Gasteiger partial charge in [-0.3, -0.25) is 4.79 Å². The highest BCUT2D eigenvalue weighted by molar-refractivity contribution is 5.95. The van der Waals surface area contributed by atoms with E-state index in [1.54, 1.807) is 6.92 Å². The third-order valence-electron chi connectivity index (χ3n) is 3.63. The molecule has 0 amide bonds. The van der Waals surface area contributed by atoms with Crippen molar-refractivity contribution in [2.75, 3.05) is 0 Å². The fraction of sp³-hybridized carbons (Fsp3) is 0.643. The Kier molecular flexibility index (Phi) is 4.02. The molecule has 0 aliphatic heterocycles. The van der Waals surface area contributed by atoms with Gasteiger partial charge in [0.15, 0.2) is 5.78 Å². The standard InChI is InChI=1S/C14H17F3O2/c1-9-12(18)7-10(14(15,16)17)8-13(9)19-11-5-3-2-4-6-11/h7-9,11H,2-6H2,1H3. The topological polar surface area (TPSA) is 26.3 Å². The van der Waals surface area contributed by atoms with Crippen molar-refractivity contribution in [3.05, 3.63) is 23.5 Å². The van der Waals surface area contributed by atoms with E-state index in [2.05, 4.69) is 0 Å². The molecule has 2 aliphatic rings. The molecule has 1 fully saturated rings. The second-order valence-electron chi connectivity index (χ2n) is 5.15. The third-order valence-corrected chi connectivity index (χ3v) is 3.63. The van der Waals surface area contributed by atoms with Crippen molar-refractivity contribution in [3.63, 3.8) is 0 Å². The van der Waals surface area contributed by atoms with Gasteiger partial charge in [-0.2, -0.15) is 13.2 Å². The van der Waals surface area contributed by atoms with Crippen LogP contribution in [0.1, 0.15) is 39.0 Å². The van der Waals surface area contributed by atoms with Crippen LogP contribution in [0.3, 0.4) is 0 Å². The molecular weight excluding hydrogens is 257 g/mol. The van der Waals surface area contributed by atoms with Crippen LogP contribution in [0.5, 0.6) is 0 Å². The van der Waals surface area contributed by atoms with E-state index in [9.17, 15) is 18.0 Å². The lowest BCUT2D eigenvalue weighted by atomic mass is 9.93. The number of alkyl halides is 3. The van der Waals surface area contributed by atoms with Crippen LogP contribution in [-0.4, -0.2) is 18.1 Å². The smallest absolute Gasteiger partial charge is 0.416 e. The van der Waals surface area contributed by atoms with Crippen molar-refractivity contribution in [2.45, 2.75) is 51.3 Å². The molecule has 0 aromatic rings. The van der Waals surface area contributed by atoms with Crippen molar-refractivity contribution >= 4 is 5.78 Å². The first kappa shape index (κ1) is 14.2. The number of ketones is 1. The zero-order chi connectivity index (χ0) is 14.0. The Balaban J connectivity index is 2.14. The van der Waals surface area contributed by atoms with Gasteiger partial charge in [0.1, 0.15) is 5.76 Å². The van der Waals surface area contributed by atoms with Crippen molar-refractivity contribution in [2.24, 2.45) is 5.92 Å². The molecule has 0 bridgehead atoms. The van der Waals surface area contributed by atoms with Crippen molar-refractivity contribution in [1.29, 1.82) is 0 Å². The summed E-state index contributed by atoms with van der Waals surface area (Å²) >= 11 is 0. The Bertz CT molecular complexity index is 415. The molecule has 0 aromatic heterocycles. The molecule has 2 nitrogen and oxygen atoms in total. The first-order valence-corrected chi connectivity index (χ1v) is 6.59. The van der Waals surface area contributed by atoms with E-state index in [1.165, 1.54) is 0 Å². The van der Waals surface area contributed by atoms with Gasteiger partial charge < -0.3 is 4.74 Å². The van der Waals surface area contributed by atoms with Gasteiger partial charge in [0.2, 0.25) is 0 Å². The number of hydrogen-bond donors (Lipinski definition) is 0. The molecule has 1 saturated carbocycles. The van der Waals surface area contributed by atoms with Crippen LogP contribution in [0.2, 0.25) is 0 Å². The van der Waals surface area contributed by atoms with Crippen LogP contribution in [0.25, 0.3) is 0 Å². The summed E-state index contributed by atoms with van der Waals surface area (Å²) in [6, 6.07) is 0. The summed E-state index contributed by atoms with van der Waals surface area (Å²) in [5.74, 6) is -1.000. The van der Waals surface area contributed by atoms with Gasteiger partial charge in [0.05, 0.1) is 17.6 Å². The molecule has 0 saturated heterocycles. The summed E-state index contributed by atoms with van der Waals surface area (Å²) in [5, 5.41) is 0. The van der Waals surface area contributed by atoms with Gasteiger partial charge in [-0.05, 0) is 44.8 Å². The van der Waals surface area contributed by atoms with E-state index in [1.807, 2.05) is 0 Å². The van der Waals surface area contributed by atoms with E-state index in [-0.39, 0.29) is 11.9 Å². The van der Waals surface area contributed by atoms with E-state index >= 15 is 0 Å². The Labute approximate surface area is 110 Å². The fourth-order valence-electron chi connectivity index (χ4n) is 2.41. The molecule has 19 heavy (non-hydrogen) atoms. The Morgan fingerprint density at radius 1 is 1.16 bits per heavy atom.